The largest absolute Gasteiger partial charge is 0.497 e. The first-order valence-corrected chi connectivity index (χ1v) is 10.00. The van der Waals surface area contributed by atoms with E-state index in [4.69, 9.17) is 16.3 Å². The zero-order valence-electron chi connectivity index (χ0n) is 15.4. The fourth-order valence-electron chi connectivity index (χ4n) is 2.99. The van der Waals surface area contributed by atoms with E-state index in [9.17, 15) is 9.59 Å². The van der Waals surface area contributed by atoms with Crippen LogP contribution in [0.5, 0.6) is 5.75 Å². The van der Waals surface area contributed by atoms with Crippen molar-refractivity contribution >= 4 is 44.7 Å². The number of carbonyl (C=O) groups excluding carboxylic acids is 1. The van der Waals surface area contributed by atoms with Crippen LogP contribution in [0, 0.1) is 0 Å². The van der Waals surface area contributed by atoms with Gasteiger partial charge in [-0.3, -0.25) is 9.59 Å². The third kappa shape index (κ3) is 4.01. The van der Waals surface area contributed by atoms with Crippen LogP contribution in [0.15, 0.2) is 58.7 Å². The average molecular weight is 426 g/mol. The van der Waals surface area contributed by atoms with E-state index in [1.807, 2.05) is 23.6 Å². The van der Waals surface area contributed by atoms with E-state index in [-0.39, 0.29) is 17.9 Å². The van der Waals surface area contributed by atoms with Crippen LogP contribution in [-0.2, 0) is 11.2 Å². The number of hydrogen-bond acceptors (Lipinski definition) is 5. The lowest BCUT2D eigenvalue weighted by atomic mass is 10.1. The Bertz CT molecular complexity index is 1250. The van der Waals surface area contributed by atoms with E-state index in [2.05, 4.69) is 15.3 Å². The number of thiophene rings is 1. The minimum atomic E-state index is -0.293. The number of methoxy groups -OCH3 is 1. The van der Waals surface area contributed by atoms with E-state index in [1.54, 1.807) is 37.4 Å². The van der Waals surface area contributed by atoms with Gasteiger partial charge in [0.15, 0.2) is 0 Å². The van der Waals surface area contributed by atoms with Crippen molar-refractivity contribution in [1.82, 2.24) is 9.97 Å². The number of anilines is 1. The summed E-state index contributed by atoms with van der Waals surface area (Å²) < 4.78 is 5.10. The average Bonchev–Trinajstić information content (AvgIpc) is 3.13. The number of ether oxygens (including phenoxy) is 1. The molecule has 0 aliphatic heterocycles. The van der Waals surface area contributed by atoms with Gasteiger partial charge in [0.05, 0.1) is 18.9 Å². The highest BCUT2D eigenvalue weighted by Gasteiger charge is 2.16. The van der Waals surface area contributed by atoms with Crippen molar-refractivity contribution in [3.8, 4) is 16.9 Å². The van der Waals surface area contributed by atoms with Crippen molar-refractivity contribution in [2.75, 3.05) is 12.4 Å². The summed E-state index contributed by atoms with van der Waals surface area (Å²) >= 11 is 7.62. The minimum absolute atomic E-state index is 0.0451. The Kier molecular flexibility index (Phi) is 5.33. The van der Waals surface area contributed by atoms with Gasteiger partial charge in [0, 0.05) is 27.2 Å². The topological polar surface area (TPSA) is 84.1 Å². The van der Waals surface area contributed by atoms with Crippen LogP contribution in [0.25, 0.3) is 21.3 Å². The summed E-state index contributed by atoms with van der Waals surface area (Å²) in [6.45, 7) is 0. The normalized spacial score (nSPS) is 10.8. The number of nitrogens with zero attached hydrogens (tertiary/aromatic N) is 1. The highest BCUT2D eigenvalue weighted by molar-refractivity contribution is 7.17. The third-order valence-corrected chi connectivity index (χ3v) is 5.56. The van der Waals surface area contributed by atoms with Gasteiger partial charge in [-0.15, -0.1) is 11.3 Å². The van der Waals surface area contributed by atoms with Gasteiger partial charge in [0.2, 0.25) is 5.91 Å². The maximum Gasteiger partial charge on any atom is 0.260 e. The summed E-state index contributed by atoms with van der Waals surface area (Å²) in [5.41, 5.74) is 1.85. The van der Waals surface area contributed by atoms with E-state index < -0.39 is 0 Å². The lowest BCUT2D eigenvalue weighted by Gasteiger charge is -2.06. The molecule has 6 nitrogen and oxygen atoms in total. The monoisotopic (exact) mass is 425 g/mol. The first kappa shape index (κ1) is 19.2. The quantitative estimate of drug-likeness (QED) is 0.493. The number of hydrogen-bond donors (Lipinski definition) is 2. The zero-order chi connectivity index (χ0) is 20.4. The number of nitrogens with one attached hydrogen (secondary N) is 2. The standard InChI is InChI=1S/C21H16ClN3O3S/c1-28-13-8-6-12(7-9-13)23-18(26)10-17-24-20(27)19-15(11-29-21(19)25-17)14-4-2-3-5-16(14)22/h2-9,11H,10H2,1H3,(H,23,26)(H,24,25,27). The number of carbonyl (C=O) groups is 1. The molecule has 0 bridgehead atoms. The highest BCUT2D eigenvalue weighted by atomic mass is 35.5. The van der Waals surface area contributed by atoms with Crippen LogP contribution in [0.4, 0.5) is 5.69 Å². The second-order valence-electron chi connectivity index (χ2n) is 6.28. The predicted octanol–water partition coefficient (Wildman–Crippen LogP) is 4.49. The number of H-pyrrole nitrogens is 1. The summed E-state index contributed by atoms with van der Waals surface area (Å²) in [6.07, 6.45) is -0.0451. The molecule has 2 N–H and O–H groups in total. The molecular formula is C21H16ClN3O3S. The van der Waals surface area contributed by atoms with Crippen LogP contribution in [0.2, 0.25) is 5.02 Å². The molecule has 4 rings (SSSR count). The fraction of sp³-hybridized carbons (Fsp3) is 0.0952. The molecule has 146 valence electrons. The molecule has 0 saturated heterocycles. The van der Waals surface area contributed by atoms with Crippen molar-refractivity contribution in [3.05, 3.63) is 75.1 Å². The van der Waals surface area contributed by atoms with Crippen LogP contribution in [0.1, 0.15) is 5.82 Å². The Balaban J connectivity index is 1.58. The molecule has 0 saturated carbocycles. The van der Waals surface area contributed by atoms with Gasteiger partial charge >= 0.3 is 0 Å². The molecule has 0 fully saturated rings. The Hall–Kier alpha value is -3.16. The minimum Gasteiger partial charge on any atom is -0.497 e. The summed E-state index contributed by atoms with van der Waals surface area (Å²) in [5, 5.41) is 5.67. The van der Waals surface area contributed by atoms with Gasteiger partial charge in [-0.2, -0.15) is 0 Å². The molecule has 8 heteroatoms. The third-order valence-electron chi connectivity index (χ3n) is 4.36. The van der Waals surface area contributed by atoms with Gasteiger partial charge in [0.25, 0.3) is 5.56 Å². The zero-order valence-corrected chi connectivity index (χ0v) is 16.9. The van der Waals surface area contributed by atoms with E-state index in [0.717, 1.165) is 11.1 Å². The maximum atomic E-state index is 12.7. The Morgan fingerprint density at radius 2 is 1.93 bits per heavy atom. The molecule has 0 spiro atoms. The molecule has 0 aliphatic carbocycles. The van der Waals surface area contributed by atoms with Crippen molar-refractivity contribution in [1.29, 1.82) is 0 Å². The molecule has 4 aromatic rings. The van der Waals surface area contributed by atoms with E-state index in [1.165, 1.54) is 11.3 Å². The molecule has 0 aliphatic rings. The lowest BCUT2D eigenvalue weighted by molar-refractivity contribution is -0.115. The highest BCUT2D eigenvalue weighted by Crippen LogP contribution is 2.34. The number of rotatable bonds is 5. The number of aromatic amines is 1. The molecule has 0 atom stereocenters. The van der Waals surface area contributed by atoms with Gasteiger partial charge in [0.1, 0.15) is 16.4 Å². The number of benzene rings is 2. The molecule has 1 amide bonds. The summed E-state index contributed by atoms with van der Waals surface area (Å²) in [5.74, 6) is 0.730. The van der Waals surface area contributed by atoms with E-state index in [0.29, 0.717) is 32.5 Å². The fourth-order valence-corrected chi connectivity index (χ4v) is 4.18. The van der Waals surface area contributed by atoms with Crippen LogP contribution in [0.3, 0.4) is 0 Å². The smallest absolute Gasteiger partial charge is 0.260 e. The molecular weight excluding hydrogens is 410 g/mol. The lowest BCUT2D eigenvalue weighted by Crippen LogP contribution is -2.19. The van der Waals surface area contributed by atoms with Gasteiger partial charge in [-0.25, -0.2) is 4.98 Å². The Morgan fingerprint density at radius 3 is 2.66 bits per heavy atom. The second-order valence-corrected chi connectivity index (χ2v) is 7.54. The first-order chi connectivity index (χ1) is 14.0. The number of aromatic nitrogens is 2. The summed E-state index contributed by atoms with van der Waals surface area (Å²) in [7, 11) is 1.58. The molecule has 0 radical (unpaired) electrons. The van der Waals surface area contributed by atoms with Crippen molar-refractivity contribution in [3.63, 3.8) is 0 Å². The van der Waals surface area contributed by atoms with Crippen molar-refractivity contribution in [2.45, 2.75) is 6.42 Å². The Morgan fingerprint density at radius 1 is 1.17 bits per heavy atom. The van der Waals surface area contributed by atoms with Crippen molar-refractivity contribution < 1.29 is 9.53 Å². The van der Waals surface area contributed by atoms with Crippen LogP contribution in [-0.4, -0.2) is 23.0 Å². The molecule has 29 heavy (non-hydrogen) atoms. The molecule has 2 heterocycles. The van der Waals surface area contributed by atoms with Gasteiger partial charge < -0.3 is 15.0 Å². The first-order valence-electron chi connectivity index (χ1n) is 8.74. The predicted molar refractivity (Wildman–Crippen MR) is 116 cm³/mol. The van der Waals surface area contributed by atoms with Crippen molar-refractivity contribution in [2.24, 2.45) is 0 Å². The number of amides is 1. The second kappa shape index (κ2) is 8.06. The SMILES string of the molecule is COc1ccc(NC(=O)Cc2nc3scc(-c4ccccc4Cl)c3c(=O)[nH]2)cc1. The molecule has 2 aromatic heterocycles. The van der Waals surface area contributed by atoms with Gasteiger partial charge in [-0.1, -0.05) is 29.8 Å². The molecule has 2 aromatic carbocycles. The van der Waals surface area contributed by atoms with Crippen LogP contribution < -0.4 is 15.6 Å². The number of halogens is 1. The number of fused-ring (bicyclic) bond motifs is 1. The summed E-state index contributed by atoms with van der Waals surface area (Å²) in [4.78, 5) is 32.8. The van der Waals surface area contributed by atoms with Gasteiger partial charge in [-0.05, 0) is 30.3 Å². The molecule has 0 unspecified atom stereocenters. The Labute approximate surface area is 175 Å². The van der Waals surface area contributed by atoms with Crippen LogP contribution >= 0.6 is 22.9 Å². The van der Waals surface area contributed by atoms with E-state index >= 15 is 0 Å². The summed E-state index contributed by atoms with van der Waals surface area (Å²) in [6, 6.07) is 14.3. The maximum absolute atomic E-state index is 12.7.